The lowest BCUT2D eigenvalue weighted by molar-refractivity contribution is 0.456. The molecule has 116 valence electrons. The van der Waals surface area contributed by atoms with E-state index in [-0.39, 0.29) is 0 Å². The molecular formula is C17H33N3. The number of nitrogens with zero attached hydrogens (tertiary/aromatic N) is 2. The van der Waals surface area contributed by atoms with E-state index in [1.165, 1.54) is 57.2 Å². The van der Waals surface area contributed by atoms with Gasteiger partial charge in [-0.2, -0.15) is 0 Å². The molecule has 0 aromatic rings. The summed E-state index contributed by atoms with van der Waals surface area (Å²) in [5, 5.41) is 0. The van der Waals surface area contributed by atoms with Gasteiger partial charge in [-0.3, -0.25) is 4.99 Å². The minimum atomic E-state index is 0.742. The normalized spacial score (nSPS) is 15.3. The van der Waals surface area contributed by atoms with Crippen LogP contribution in [0.4, 0.5) is 0 Å². The SMILES string of the molecule is CC/C=C/CCCCCCCCC1=NCCN1CCN. The lowest BCUT2D eigenvalue weighted by Crippen LogP contribution is -2.32. The molecule has 1 rings (SSSR count). The Hall–Kier alpha value is -0.830. The van der Waals surface area contributed by atoms with Gasteiger partial charge in [0, 0.05) is 26.1 Å². The lowest BCUT2D eigenvalue weighted by Gasteiger charge is -2.19. The van der Waals surface area contributed by atoms with E-state index in [2.05, 4.69) is 29.0 Å². The summed E-state index contributed by atoms with van der Waals surface area (Å²) in [6, 6.07) is 0. The van der Waals surface area contributed by atoms with Crippen molar-refractivity contribution in [2.24, 2.45) is 10.7 Å². The highest BCUT2D eigenvalue weighted by Crippen LogP contribution is 2.12. The van der Waals surface area contributed by atoms with E-state index in [0.717, 1.165) is 32.6 Å². The third-order valence-corrected chi connectivity index (χ3v) is 3.85. The average molecular weight is 279 g/mol. The number of allylic oxidation sites excluding steroid dienone is 2. The van der Waals surface area contributed by atoms with E-state index in [9.17, 15) is 0 Å². The minimum absolute atomic E-state index is 0.742. The van der Waals surface area contributed by atoms with Crippen LogP contribution in [-0.2, 0) is 0 Å². The fraction of sp³-hybridized carbons (Fsp3) is 0.824. The molecule has 1 aliphatic heterocycles. The second-order valence-electron chi connectivity index (χ2n) is 5.61. The number of aliphatic imine (C=N–C) groups is 1. The average Bonchev–Trinajstić information content (AvgIpc) is 2.89. The molecule has 0 atom stereocenters. The highest BCUT2D eigenvalue weighted by atomic mass is 15.2. The van der Waals surface area contributed by atoms with Crippen LogP contribution >= 0.6 is 0 Å². The lowest BCUT2D eigenvalue weighted by atomic mass is 10.1. The van der Waals surface area contributed by atoms with Gasteiger partial charge in [0.15, 0.2) is 0 Å². The van der Waals surface area contributed by atoms with Crippen molar-refractivity contribution in [3.8, 4) is 0 Å². The van der Waals surface area contributed by atoms with Crippen LogP contribution in [0.2, 0.25) is 0 Å². The van der Waals surface area contributed by atoms with Gasteiger partial charge >= 0.3 is 0 Å². The second kappa shape index (κ2) is 12.0. The van der Waals surface area contributed by atoms with Crippen LogP contribution < -0.4 is 5.73 Å². The number of nitrogens with two attached hydrogens (primary N) is 1. The van der Waals surface area contributed by atoms with Crippen molar-refractivity contribution in [1.29, 1.82) is 0 Å². The first kappa shape index (κ1) is 17.2. The van der Waals surface area contributed by atoms with Crippen molar-refractivity contribution >= 4 is 5.84 Å². The van der Waals surface area contributed by atoms with E-state index in [1.54, 1.807) is 0 Å². The Kier molecular flexibility index (Phi) is 10.3. The molecule has 0 amide bonds. The standard InChI is InChI=1S/C17H33N3/c1-2-3-4-5-6-7-8-9-10-11-12-17-19-14-16-20(17)15-13-18/h3-4H,2,5-16,18H2,1H3/b4-3+. The Morgan fingerprint density at radius 1 is 1.10 bits per heavy atom. The molecule has 20 heavy (non-hydrogen) atoms. The second-order valence-corrected chi connectivity index (χ2v) is 5.61. The summed E-state index contributed by atoms with van der Waals surface area (Å²) >= 11 is 0. The summed E-state index contributed by atoms with van der Waals surface area (Å²) in [6.45, 7) is 5.97. The summed E-state index contributed by atoms with van der Waals surface area (Å²) in [7, 11) is 0. The molecule has 0 spiro atoms. The van der Waals surface area contributed by atoms with Gasteiger partial charge in [-0.1, -0.05) is 44.8 Å². The van der Waals surface area contributed by atoms with Gasteiger partial charge in [0.25, 0.3) is 0 Å². The fourth-order valence-electron chi connectivity index (χ4n) is 2.70. The quantitative estimate of drug-likeness (QED) is 0.437. The maximum absolute atomic E-state index is 5.62. The van der Waals surface area contributed by atoms with Crippen LogP contribution in [-0.4, -0.2) is 36.9 Å². The van der Waals surface area contributed by atoms with Crippen molar-refractivity contribution in [2.75, 3.05) is 26.2 Å². The summed E-state index contributed by atoms with van der Waals surface area (Å²) in [5.41, 5.74) is 5.62. The molecule has 0 aromatic carbocycles. The Balaban J connectivity index is 1.91. The van der Waals surface area contributed by atoms with E-state index in [4.69, 9.17) is 5.73 Å². The summed E-state index contributed by atoms with van der Waals surface area (Å²) < 4.78 is 0. The summed E-state index contributed by atoms with van der Waals surface area (Å²) in [6.07, 6.45) is 16.3. The van der Waals surface area contributed by atoms with Crippen LogP contribution in [0.5, 0.6) is 0 Å². The van der Waals surface area contributed by atoms with Crippen molar-refractivity contribution in [3.63, 3.8) is 0 Å². The molecule has 0 radical (unpaired) electrons. The predicted molar refractivity (Wildman–Crippen MR) is 89.3 cm³/mol. The van der Waals surface area contributed by atoms with Crippen LogP contribution in [0, 0.1) is 0 Å². The molecule has 3 heteroatoms. The zero-order valence-electron chi connectivity index (χ0n) is 13.3. The molecule has 0 bridgehead atoms. The van der Waals surface area contributed by atoms with Gasteiger partial charge in [-0.25, -0.2) is 0 Å². The predicted octanol–water partition coefficient (Wildman–Crippen LogP) is 3.75. The topological polar surface area (TPSA) is 41.6 Å². The van der Waals surface area contributed by atoms with Crippen molar-refractivity contribution in [1.82, 2.24) is 4.90 Å². The fourth-order valence-corrected chi connectivity index (χ4v) is 2.70. The molecule has 0 saturated heterocycles. The maximum Gasteiger partial charge on any atom is 0.0990 e. The van der Waals surface area contributed by atoms with Gasteiger partial charge in [-0.05, 0) is 25.7 Å². The van der Waals surface area contributed by atoms with E-state index in [0.29, 0.717) is 0 Å². The van der Waals surface area contributed by atoms with Crippen LogP contribution in [0.15, 0.2) is 17.1 Å². The van der Waals surface area contributed by atoms with Gasteiger partial charge < -0.3 is 10.6 Å². The number of hydrogen-bond donors (Lipinski definition) is 1. The molecule has 3 nitrogen and oxygen atoms in total. The smallest absolute Gasteiger partial charge is 0.0990 e. The van der Waals surface area contributed by atoms with E-state index < -0.39 is 0 Å². The van der Waals surface area contributed by atoms with Crippen LogP contribution in [0.25, 0.3) is 0 Å². The highest BCUT2D eigenvalue weighted by molar-refractivity contribution is 5.83. The van der Waals surface area contributed by atoms with Crippen molar-refractivity contribution in [2.45, 2.75) is 64.7 Å². The number of rotatable bonds is 12. The molecule has 1 aliphatic rings. The van der Waals surface area contributed by atoms with Gasteiger partial charge in [0.2, 0.25) is 0 Å². The minimum Gasteiger partial charge on any atom is -0.357 e. The third kappa shape index (κ3) is 7.68. The third-order valence-electron chi connectivity index (χ3n) is 3.85. The molecule has 0 aliphatic carbocycles. The molecule has 0 fully saturated rings. The van der Waals surface area contributed by atoms with Gasteiger partial charge in [0.1, 0.15) is 0 Å². The van der Waals surface area contributed by atoms with E-state index >= 15 is 0 Å². The van der Waals surface area contributed by atoms with Gasteiger partial charge in [0.05, 0.1) is 12.4 Å². The van der Waals surface area contributed by atoms with Crippen molar-refractivity contribution in [3.05, 3.63) is 12.2 Å². The largest absolute Gasteiger partial charge is 0.357 e. The molecule has 2 N–H and O–H groups in total. The van der Waals surface area contributed by atoms with Gasteiger partial charge in [-0.15, -0.1) is 0 Å². The number of hydrogen-bond acceptors (Lipinski definition) is 3. The number of amidine groups is 1. The Morgan fingerprint density at radius 2 is 1.85 bits per heavy atom. The first-order valence-corrected chi connectivity index (χ1v) is 8.51. The highest BCUT2D eigenvalue weighted by Gasteiger charge is 2.14. The zero-order chi connectivity index (χ0) is 14.5. The van der Waals surface area contributed by atoms with Crippen LogP contribution in [0.1, 0.15) is 64.7 Å². The zero-order valence-corrected chi connectivity index (χ0v) is 13.3. The first-order chi connectivity index (χ1) is 9.88. The van der Waals surface area contributed by atoms with Crippen LogP contribution in [0.3, 0.4) is 0 Å². The Bertz CT molecular complexity index is 284. The molecule has 0 unspecified atom stereocenters. The molecular weight excluding hydrogens is 246 g/mol. The molecule has 0 saturated carbocycles. The molecule has 1 heterocycles. The Labute approximate surface area is 125 Å². The number of unbranched alkanes of at least 4 members (excludes halogenated alkanes) is 6. The summed E-state index contributed by atoms with van der Waals surface area (Å²) in [5.74, 6) is 1.31. The monoisotopic (exact) mass is 279 g/mol. The Morgan fingerprint density at radius 3 is 2.60 bits per heavy atom. The molecule has 0 aromatic heterocycles. The summed E-state index contributed by atoms with van der Waals surface area (Å²) in [4.78, 5) is 6.95. The first-order valence-electron chi connectivity index (χ1n) is 8.51. The van der Waals surface area contributed by atoms with E-state index in [1.807, 2.05) is 0 Å². The maximum atomic E-state index is 5.62. The van der Waals surface area contributed by atoms with Crippen molar-refractivity contribution < 1.29 is 0 Å².